The molecule has 8 heteroatoms. The molecule has 0 saturated heterocycles. The zero-order valence-corrected chi connectivity index (χ0v) is 18.4. The molecule has 30 heavy (non-hydrogen) atoms. The minimum Gasteiger partial charge on any atom is -0.493 e. The smallest absolute Gasteiger partial charge is 0.343 e. The molecule has 7 nitrogen and oxygen atoms in total. The molecular weight excluding hydrogens is 452 g/mol. The Kier molecular flexibility index (Phi) is 8.44. The number of carbonyl (C=O) groups excluding carboxylic acids is 2. The lowest BCUT2D eigenvalue weighted by Crippen LogP contribution is -2.27. The molecule has 156 valence electrons. The summed E-state index contributed by atoms with van der Waals surface area (Å²) in [5.74, 6) is -0.379. The molecule has 0 unspecified atom stereocenters. The van der Waals surface area contributed by atoms with Gasteiger partial charge in [0.1, 0.15) is 11.6 Å². The molecular formula is C22H21BrN2O5. The highest BCUT2D eigenvalue weighted by atomic mass is 79.9. The first kappa shape index (κ1) is 23.0. The third-order valence-electron chi connectivity index (χ3n) is 4.17. The number of hydrogen-bond donors (Lipinski definition) is 1. The van der Waals surface area contributed by atoms with Crippen molar-refractivity contribution in [1.82, 2.24) is 5.32 Å². The van der Waals surface area contributed by atoms with Gasteiger partial charge in [0.2, 0.25) is 0 Å². The maximum atomic E-state index is 12.6. The Morgan fingerprint density at radius 1 is 1.20 bits per heavy atom. The van der Waals surface area contributed by atoms with Crippen molar-refractivity contribution in [3.05, 3.63) is 63.6 Å². The average molecular weight is 473 g/mol. The lowest BCUT2D eigenvalue weighted by Gasteiger charge is -2.14. The van der Waals surface area contributed by atoms with Gasteiger partial charge in [-0.05, 0) is 36.3 Å². The first-order valence-electron chi connectivity index (χ1n) is 8.94. The number of benzene rings is 2. The van der Waals surface area contributed by atoms with Crippen LogP contribution in [0.4, 0.5) is 0 Å². The van der Waals surface area contributed by atoms with Crippen LogP contribution < -0.4 is 14.8 Å². The molecule has 0 fully saturated rings. The zero-order chi connectivity index (χ0) is 22.1. The van der Waals surface area contributed by atoms with Crippen LogP contribution in [0.5, 0.6) is 11.5 Å². The van der Waals surface area contributed by atoms with Crippen molar-refractivity contribution >= 4 is 33.9 Å². The number of nitrogens with zero attached hydrogens (tertiary/aromatic N) is 1. The van der Waals surface area contributed by atoms with Gasteiger partial charge >= 0.3 is 5.97 Å². The Labute approximate surface area is 183 Å². The van der Waals surface area contributed by atoms with Gasteiger partial charge in [-0.3, -0.25) is 4.79 Å². The second-order valence-electron chi connectivity index (χ2n) is 6.17. The molecule has 0 aliphatic carbocycles. The number of halogens is 1. The number of nitriles is 1. The van der Waals surface area contributed by atoms with Crippen molar-refractivity contribution in [2.75, 3.05) is 20.8 Å². The predicted octanol–water partition coefficient (Wildman–Crippen LogP) is 3.79. The van der Waals surface area contributed by atoms with E-state index < -0.39 is 11.9 Å². The minimum atomic E-state index is -0.534. The Balaban J connectivity index is 2.24. The van der Waals surface area contributed by atoms with Crippen LogP contribution in [0.25, 0.3) is 6.08 Å². The van der Waals surface area contributed by atoms with Crippen molar-refractivity contribution in [3.63, 3.8) is 0 Å². The van der Waals surface area contributed by atoms with E-state index in [0.717, 1.165) is 5.56 Å². The number of hydrogen-bond acceptors (Lipinski definition) is 6. The Morgan fingerprint density at radius 3 is 2.50 bits per heavy atom. The van der Waals surface area contributed by atoms with Gasteiger partial charge in [0, 0.05) is 4.47 Å². The first-order valence-corrected chi connectivity index (χ1v) is 9.73. The molecule has 2 aromatic rings. The van der Waals surface area contributed by atoms with E-state index in [4.69, 9.17) is 9.47 Å². The molecule has 1 atom stereocenters. The number of rotatable bonds is 8. The highest BCUT2D eigenvalue weighted by Crippen LogP contribution is 2.34. The number of nitrogens with one attached hydrogen (secondary N) is 1. The van der Waals surface area contributed by atoms with Crippen LogP contribution in [-0.4, -0.2) is 32.7 Å². The van der Waals surface area contributed by atoms with Gasteiger partial charge in [0.05, 0.1) is 20.3 Å². The molecule has 0 spiro atoms. The molecule has 1 amide bonds. The largest absolute Gasteiger partial charge is 0.493 e. The molecule has 0 aliphatic rings. The SMILES string of the molecule is COC(=O)COc1cc(Br)c(/C=C(/C#N)C(=O)N[C@@H](C)c2ccccc2)cc1OC. The third kappa shape index (κ3) is 6.09. The van der Waals surface area contributed by atoms with E-state index in [1.165, 1.54) is 20.3 Å². The maximum absolute atomic E-state index is 12.6. The second-order valence-corrected chi connectivity index (χ2v) is 7.02. The highest BCUT2D eigenvalue weighted by molar-refractivity contribution is 9.10. The molecule has 2 aromatic carbocycles. The fraction of sp³-hybridized carbons (Fsp3) is 0.227. The summed E-state index contributed by atoms with van der Waals surface area (Å²) < 4.78 is 15.8. The van der Waals surface area contributed by atoms with Gasteiger partial charge in [-0.15, -0.1) is 0 Å². The molecule has 0 aliphatic heterocycles. The van der Waals surface area contributed by atoms with E-state index in [-0.39, 0.29) is 18.2 Å². The molecule has 0 heterocycles. The number of methoxy groups -OCH3 is 2. The van der Waals surface area contributed by atoms with Crippen LogP contribution in [0.15, 0.2) is 52.5 Å². The fourth-order valence-electron chi connectivity index (χ4n) is 2.53. The standard InChI is InChI=1S/C22H21BrN2O5/c1-14(15-7-5-4-6-8-15)25-22(27)17(12-24)9-16-10-19(28-2)20(11-18(16)23)30-13-21(26)29-3/h4-11,14H,13H2,1-3H3,(H,25,27)/b17-9-/t14-/m0/s1. The lowest BCUT2D eigenvalue weighted by molar-refractivity contribution is -0.142. The predicted molar refractivity (Wildman–Crippen MR) is 115 cm³/mol. The molecule has 0 aromatic heterocycles. The summed E-state index contributed by atoms with van der Waals surface area (Å²) in [6.07, 6.45) is 1.45. The van der Waals surface area contributed by atoms with Crippen LogP contribution in [0.2, 0.25) is 0 Å². The number of carbonyl (C=O) groups is 2. The van der Waals surface area contributed by atoms with Crippen LogP contribution in [0.3, 0.4) is 0 Å². The monoisotopic (exact) mass is 472 g/mol. The summed E-state index contributed by atoms with van der Waals surface area (Å²) in [5.41, 5.74) is 1.40. The van der Waals surface area contributed by atoms with E-state index in [1.807, 2.05) is 43.3 Å². The molecule has 0 radical (unpaired) electrons. The van der Waals surface area contributed by atoms with Gasteiger partial charge < -0.3 is 19.5 Å². The summed E-state index contributed by atoms with van der Waals surface area (Å²) in [6, 6.07) is 14.3. The molecule has 0 saturated carbocycles. The zero-order valence-electron chi connectivity index (χ0n) is 16.8. The second kappa shape index (κ2) is 11.0. The summed E-state index contributed by atoms with van der Waals surface area (Å²) in [4.78, 5) is 23.9. The Morgan fingerprint density at radius 2 is 1.90 bits per heavy atom. The Hall–Kier alpha value is -3.31. The third-order valence-corrected chi connectivity index (χ3v) is 4.85. The summed E-state index contributed by atoms with van der Waals surface area (Å²) in [7, 11) is 2.71. The van der Waals surface area contributed by atoms with Crippen molar-refractivity contribution in [1.29, 1.82) is 5.26 Å². The van der Waals surface area contributed by atoms with E-state index >= 15 is 0 Å². The van der Waals surface area contributed by atoms with Crippen molar-refractivity contribution in [2.45, 2.75) is 13.0 Å². The van der Waals surface area contributed by atoms with Gasteiger partial charge in [-0.25, -0.2) is 4.79 Å². The number of esters is 1. The lowest BCUT2D eigenvalue weighted by atomic mass is 10.1. The van der Waals surface area contributed by atoms with Crippen LogP contribution in [0, 0.1) is 11.3 Å². The highest BCUT2D eigenvalue weighted by Gasteiger charge is 2.16. The van der Waals surface area contributed by atoms with Crippen LogP contribution in [0.1, 0.15) is 24.1 Å². The first-order chi connectivity index (χ1) is 14.4. The van der Waals surface area contributed by atoms with Crippen molar-refractivity contribution in [3.8, 4) is 17.6 Å². The summed E-state index contributed by atoms with van der Waals surface area (Å²) in [5, 5.41) is 12.3. The van der Waals surface area contributed by atoms with Gasteiger partial charge in [0.25, 0.3) is 5.91 Å². The van der Waals surface area contributed by atoms with E-state index in [1.54, 1.807) is 12.1 Å². The van der Waals surface area contributed by atoms with Crippen molar-refractivity contribution < 1.29 is 23.8 Å². The van der Waals surface area contributed by atoms with Crippen molar-refractivity contribution in [2.24, 2.45) is 0 Å². The van der Waals surface area contributed by atoms with Gasteiger partial charge in [-0.1, -0.05) is 46.3 Å². The van der Waals surface area contributed by atoms with Gasteiger partial charge in [-0.2, -0.15) is 5.26 Å². The quantitative estimate of drug-likeness (QED) is 0.356. The number of ether oxygens (including phenoxy) is 3. The fourth-order valence-corrected chi connectivity index (χ4v) is 2.97. The number of amides is 1. The van der Waals surface area contributed by atoms with Crippen LogP contribution >= 0.6 is 15.9 Å². The molecule has 1 N–H and O–H groups in total. The molecule has 2 rings (SSSR count). The molecule has 0 bridgehead atoms. The Bertz CT molecular complexity index is 983. The average Bonchev–Trinajstić information content (AvgIpc) is 2.76. The summed E-state index contributed by atoms with van der Waals surface area (Å²) in [6.45, 7) is 1.56. The minimum absolute atomic E-state index is 0.0660. The van der Waals surface area contributed by atoms with E-state index in [2.05, 4.69) is 26.0 Å². The van der Waals surface area contributed by atoms with E-state index in [9.17, 15) is 14.9 Å². The maximum Gasteiger partial charge on any atom is 0.343 e. The summed E-state index contributed by atoms with van der Waals surface area (Å²) >= 11 is 3.39. The van der Waals surface area contributed by atoms with Crippen LogP contribution in [-0.2, 0) is 14.3 Å². The topological polar surface area (TPSA) is 97.7 Å². The van der Waals surface area contributed by atoms with Gasteiger partial charge in [0.15, 0.2) is 18.1 Å². The normalized spacial score (nSPS) is 11.8. The van der Waals surface area contributed by atoms with E-state index in [0.29, 0.717) is 21.5 Å².